The number of thioether (sulfide) groups is 1. The summed E-state index contributed by atoms with van der Waals surface area (Å²) >= 11 is 1.31. The molecule has 2 N–H and O–H groups in total. The van der Waals surface area contributed by atoms with E-state index in [0.717, 1.165) is 11.0 Å². The Morgan fingerprint density at radius 2 is 2.21 bits per heavy atom. The largest absolute Gasteiger partial charge is 0.369 e. The van der Waals surface area contributed by atoms with Crippen molar-refractivity contribution in [2.75, 3.05) is 5.75 Å². The number of carbonyl (C=O) groups is 1. The summed E-state index contributed by atoms with van der Waals surface area (Å²) in [5.41, 5.74) is 5.04. The van der Waals surface area contributed by atoms with Gasteiger partial charge in [-0.2, -0.15) is 0 Å². The van der Waals surface area contributed by atoms with Crippen LogP contribution in [0.3, 0.4) is 0 Å². The Balaban J connectivity index is 2.74. The first-order chi connectivity index (χ1) is 6.52. The predicted molar refractivity (Wildman–Crippen MR) is 55.0 cm³/mol. The smallest absolute Gasteiger partial charge is 0.227 e. The maximum absolute atomic E-state index is 10.6. The first-order valence-electron chi connectivity index (χ1n) is 4.32. The van der Waals surface area contributed by atoms with Crippen LogP contribution in [0.15, 0.2) is 5.16 Å². The number of aromatic nitrogens is 3. The molecule has 14 heavy (non-hydrogen) atoms. The van der Waals surface area contributed by atoms with E-state index < -0.39 is 0 Å². The topological polar surface area (TPSA) is 73.8 Å². The highest BCUT2D eigenvalue weighted by molar-refractivity contribution is 7.99. The summed E-state index contributed by atoms with van der Waals surface area (Å²) in [5, 5.41) is 8.74. The number of nitrogens with two attached hydrogens (primary N) is 1. The summed E-state index contributed by atoms with van der Waals surface area (Å²) < 4.78 is 1.89. The minimum absolute atomic E-state index is 0.240. The second-order valence-electron chi connectivity index (χ2n) is 3.31. The van der Waals surface area contributed by atoms with Crippen molar-refractivity contribution in [1.82, 2.24) is 14.8 Å². The SMILES string of the molecule is CC(C)c1nnc(SCC(N)=O)n1C. The number of primary amides is 1. The van der Waals surface area contributed by atoms with Gasteiger partial charge in [-0.25, -0.2) is 0 Å². The predicted octanol–water partition coefficient (Wildman–Crippen LogP) is 0.516. The lowest BCUT2D eigenvalue weighted by molar-refractivity contribution is -0.115. The van der Waals surface area contributed by atoms with E-state index in [1.807, 2.05) is 25.5 Å². The quantitative estimate of drug-likeness (QED) is 0.741. The molecule has 5 nitrogen and oxygen atoms in total. The molecule has 0 saturated carbocycles. The van der Waals surface area contributed by atoms with Gasteiger partial charge in [0.2, 0.25) is 5.91 Å². The van der Waals surface area contributed by atoms with Crippen LogP contribution in [-0.2, 0) is 11.8 Å². The maximum Gasteiger partial charge on any atom is 0.227 e. The third-order valence-electron chi connectivity index (χ3n) is 1.73. The van der Waals surface area contributed by atoms with Crippen molar-refractivity contribution in [3.63, 3.8) is 0 Å². The number of hydrogen-bond acceptors (Lipinski definition) is 4. The molecule has 0 aliphatic rings. The Hall–Kier alpha value is -1.04. The van der Waals surface area contributed by atoms with Crippen LogP contribution in [0.25, 0.3) is 0 Å². The van der Waals surface area contributed by atoms with E-state index in [-0.39, 0.29) is 11.7 Å². The van der Waals surface area contributed by atoms with Gasteiger partial charge in [0.05, 0.1) is 5.75 Å². The average Bonchev–Trinajstić information content (AvgIpc) is 2.43. The molecule has 6 heteroatoms. The molecule has 0 spiro atoms. The Kier molecular flexibility index (Phi) is 3.51. The number of rotatable bonds is 4. The molecule has 78 valence electrons. The Labute approximate surface area is 87.1 Å². The fourth-order valence-corrected chi connectivity index (χ4v) is 1.75. The molecule has 0 bridgehead atoms. The first kappa shape index (κ1) is 11.0. The summed E-state index contributed by atoms with van der Waals surface area (Å²) in [6.07, 6.45) is 0. The molecule has 0 fully saturated rings. The van der Waals surface area contributed by atoms with Crippen molar-refractivity contribution in [3.05, 3.63) is 5.82 Å². The van der Waals surface area contributed by atoms with Gasteiger partial charge in [0.25, 0.3) is 0 Å². The Bertz CT molecular complexity index is 334. The standard InChI is InChI=1S/C8H14N4OS/c1-5(2)7-10-11-8(12(7)3)14-4-6(9)13/h5H,4H2,1-3H3,(H2,9,13). The van der Waals surface area contributed by atoms with Gasteiger partial charge < -0.3 is 10.3 Å². The van der Waals surface area contributed by atoms with Gasteiger partial charge in [0, 0.05) is 13.0 Å². The van der Waals surface area contributed by atoms with E-state index >= 15 is 0 Å². The summed E-state index contributed by atoms with van der Waals surface area (Å²) in [7, 11) is 1.89. The van der Waals surface area contributed by atoms with Crippen molar-refractivity contribution in [2.45, 2.75) is 24.9 Å². The average molecular weight is 214 g/mol. The summed E-state index contributed by atoms with van der Waals surface area (Å²) in [6.45, 7) is 4.10. The van der Waals surface area contributed by atoms with E-state index in [1.165, 1.54) is 11.8 Å². The molecular weight excluding hydrogens is 200 g/mol. The van der Waals surface area contributed by atoms with Crippen LogP contribution in [0.5, 0.6) is 0 Å². The molecule has 1 heterocycles. The fraction of sp³-hybridized carbons (Fsp3) is 0.625. The highest BCUT2D eigenvalue weighted by Gasteiger charge is 2.12. The van der Waals surface area contributed by atoms with E-state index in [9.17, 15) is 4.79 Å². The molecule has 0 saturated heterocycles. The van der Waals surface area contributed by atoms with Crippen molar-refractivity contribution in [1.29, 1.82) is 0 Å². The molecule has 0 aromatic carbocycles. The lowest BCUT2D eigenvalue weighted by Crippen LogP contribution is -2.13. The van der Waals surface area contributed by atoms with Gasteiger partial charge in [-0.05, 0) is 0 Å². The van der Waals surface area contributed by atoms with Crippen molar-refractivity contribution in [2.24, 2.45) is 12.8 Å². The molecule has 1 rings (SSSR count). The third-order valence-corrected chi connectivity index (χ3v) is 2.77. The van der Waals surface area contributed by atoms with Gasteiger partial charge in [0.15, 0.2) is 5.16 Å². The van der Waals surface area contributed by atoms with Gasteiger partial charge in [-0.15, -0.1) is 10.2 Å². The highest BCUT2D eigenvalue weighted by atomic mass is 32.2. The lowest BCUT2D eigenvalue weighted by Gasteiger charge is -2.04. The summed E-state index contributed by atoms with van der Waals surface area (Å²) in [4.78, 5) is 10.6. The minimum Gasteiger partial charge on any atom is -0.369 e. The maximum atomic E-state index is 10.6. The molecule has 0 atom stereocenters. The van der Waals surface area contributed by atoms with Gasteiger partial charge in [-0.1, -0.05) is 25.6 Å². The van der Waals surface area contributed by atoms with E-state index in [0.29, 0.717) is 5.92 Å². The van der Waals surface area contributed by atoms with Crippen LogP contribution in [0.4, 0.5) is 0 Å². The second kappa shape index (κ2) is 4.45. The Morgan fingerprint density at radius 3 is 2.64 bits per heavy atom. The normalized spacial score (nSPS) is 10.9. The van der Waals surface area contributed by atoms with Gasteiger partial charge in [-0.3, -0.25) is 4.79 Å². The highest BCUT2D eigenvalue weighted by Crippen LogP contribution is 2.18. The molecule has 0 radical (unpaired) electrons. The summed E-state index contributed by atoms with van der Waals surface area (Å²) in [5.74, 6) is 1.14. The number of amides is 1. The third kappa shape index (κ3) is 2.47. The molecule has 0 aliphatic heterocycles. The van der Waals surface area contributed by atoms with Crippen LogP contribution in [0, 0.1) is 0 Å². The van der Waals surface area contributed by atoms with Crippen LogP contribution in [0.1, 0.15) is 25.6 Å². The van der Waals surface area contributed by atoms with Crippen LogP contribution < -0.4 is 5.73 Å². The summed E-state index contributed by atoms with van der Waals surface area (Å²) in [6, 6.07) is 0. The monoisotopic (exact) mass is 214 g/mol. The zero-order valence-electron chi connectivity index (χ0n) is 8.52. The fourth-order valence-electron chi connectivity index (χ4n) is 1.09. The lowest BCUT2D eigenvalue weighted by atomic mass is 10.2. The Morgan fingerprint density at radius 1 is 1.57 bits per heavy atom. The number of nitrogens with zero attached hydrogens (tertiary/aromatic N) is 3. The van der Waals surface area contributed by atoms with Crippen LogP contribution in [-0.4, -0.2) is 26.4 Å². The van der Waals surface area contributed by atoms with Crippen molar-refractivity contribution >= 4 is 17.7 Å². The molecule has 1 aromatic heterocycles. The van der Waals surface area contributed by atoms with Gasteiger partial charge >= 0.3 is 0 Å². The van der Waals surface area contributed by atoms with Crippen LogP contribution in [0.2, 0.25) is 0 Å². The van der Waals surface area contributed by atoms with Gasteiger partial charge in [0.1, 0.15) is 5.82 Å². The molecule has 0 aliphatic carbocycles. The zero-order valence-corrected chi connectivity index (χ0v) is 9.34. The van der Waals surface area contributed by atoms with Crippen molar-refractivity contribution < 1.29 is 4.79 Å². The number of carbonyl (C=O) groups excluding carboxylic acids is 1. The van der Waals surface area contributed by atoms with Crippen LogP contribution >= 0.6 is 11.8 Å². The molecule has 1 amide bonds. The van der Waals surface area contributed by atoms with E-state index in [4.69, 9.17) is 5.73 Å². The van der Waals surface area contributed by atoms with E-state index in [1.54, 1.807) is 0 Å². The second-order valence-corrected chi connectivity index (χ2v) is 4.25. The molecule has 1 aromatic rings. The van der Waals surface area contributed by atoms with Crippen molar-refractivity contribution in [3.8, 4) is 0 Å². The molecule has 0 unspecified atom stereocenters. The number of hydrogen-bond donors (Lipinski definition) is 1. The minimum atomic E-state index is -0.343. The first-order valence-corrected chi connectivity index (χ1v) is 5.31. The zero-order chi connectivity index (χ0) is 10.7. The molecular formula is C8H14N4OS. The van der Waals surface area contributed by atoms with E-state index in [2.05, 4.69) is 10.2 Å².